The average molecular weight is 384 g/mol. The predicted octanol–water partition coefficient (Wildman–Crippen LogP) is 6.79. The molecule has 0 saturated heterocycles. The Kier molecular flexibility index (Phi) is 3.55. The van der Waals surface area contributed by atoms with Crippen LogP contribution in [-0.4, -0.2) is 7.85 Å². The van der Waals surface area contributed by atoms with E-state index in [1.54, 1.807) is 5.56 Å². The summed E-state index contributed by atoms with van der Waals surface area (Å²) in [6.45, 7) is 2.36. The van der Waals surface area contributed by atoms with Gasteiger partial charge in [-0.15, -0.1) is 0 Å². The zero-order valence-electron chi connectivity index (χ0n) is 18.3. The van der Waals surface area contributed by atoms with Gasteiger partial charge in [-0.05, 0) is 147 Å². The summed E-state index contributed by atoms with van der Waals surface area (Å²) in [6, 6.07) is 9.36. The highest BCUT2D eigenvalue weighted by molar-refractivity contribution is 6.17. The van der Waals surface area contributed by atoms with Crippen LogP contribution in [0.15, 0.2) is 24.3 Å². The fraction of sp³-hybridized carbons (Fsp3) is 0.786. The van der Waals surface area contributed by atoms with Crippen molar-refractivity contribution < 1.29 is 0 Å². The van der Waals surface area contributed by atoms with Crippen LogP contribution in [0.3, 0.4) is 0 Å². The van der Waals surface area contributed by atoms with E-state index in [2.05, 4.69) is 31.2 Å². The molecule has 0 atom stereocenters. The van der Waals surface area contributed by atoms with Crippen molar-refractivity contribution >= 4 is 7.85 Å². The molecule has 29 heavy (non-hydrogen) atoms. The second kappa shape index (κ2) is 5.74. The molecule has 1 heteroatoms. The summed E-state index contributed by atoms with van der Waals surface area (Å²) in [5.41, 5.74) is 3.78. The Morgan fingerprint density at radius 2 is 1.00 bits per heavy atom. The Bertz CT molecular complexity index is 720. The summed E-state index contributed by atoms with van der Waals surface area (Å²) in [6.07, 6.45) is 17.7. The molecule has 8 fully saturated rings. The van der Waals surface area contributed by atoms with E-state index in [0.717, 1.165) is 35.5 Å². The third kappa shape index (κ3) is 2.24. The lowest BCUT2D eigenvalue weighted by Gasteiger charge is -2.73. The van der Waals surface area contributed by atoms with Crippen LogP contribution in [0.1, 0.15) is 88.2 Å². The maximum absolute atomic E-state index is 8.12. The quantitative estimate of drug-likeness (QED) is 0.503. The highest BCUT2D eigenvalue weighted by atomic mass is 14.7. The van der Waals surface area contributed by atoms with Gasteiger partial charge < -0.3 is 0 Å². The first-order chi connectivity index (χ1) is 14.0. The third-order valence-corrected chi connectivity index (χ3v) is 11.3. The molecule has 0 aromatic heterocycles. The summed E-state index contributed by atoms with van der Waals surface area (Å²) in [4.78, 5) is 0. The molecule has 9 rings (SSSR count). The van der Waals surface area contributed by atoms with Gasteiger partial charge in [0.1, 0.15) is 0 Å². The average Bonchev–Trinajstić information content (AvgIpc) is 2.65. The van der Waals surface area contributed by atoms with E-state index in [-0.39, 0.29) is 5.31 Å². The van der Waals surface area contributed by atoms with Gasteiger partial charge in [-0.2, -0.15) is 0 Å². The monoisotopic (exact) mass is 384 g/mol. The zero-order valence-corrected chi connectivity index (χ0v) is 18.3. The molecule has 0 N–H and O–H groups in total. The Morgan fingerprint density at radius 3 is 1.34 bits per heavy atom. The second-order valence-electron chi connectivity index (χ2n) is 13.0. The maximum atomic E-state index is 8.12. The van der Waals surface area contributed by atoms with Gasteiger partial charge in [0, 0.05) is 0 Å². The van der Waals surface area contributed by atoms with Crippen molar-refractivity contribution in [2.75, 3.05) is 0 Å². The molecule has 152 valence electrons. The molecule has 8 aliphatic rings. The first-order valence-corrected chi connectivity index (χ1v) is 12.8. The topological polar surface area (TPSA) is 0 Å². The molecule has 1 aromatic rings. The van der Waals surface area contributed by atoms with Gasteiger partial charge >= 0.3 is 0 Å². The lowest BCUT2D eigenvalue weighted by molar-refractivity contribution is -0.161. The van der Waals surface area contributed by atoms with Crippen LogP contribution >= 0.6 is 0 Å². The number of hydrogen-bond acceptors (Lipinski definition) is 0. The van der Waals surface area contributed by atoms with E-state index in [9.17, 15) is 0 Å². The first kappa shape index (κ1) is 17.9. The number of benzene rings is 1. The Morgan fingerprint density at radius 1 is 0.655 bits per heavy atom. The molecule has 2 radical (unpaired) electrons. The molecule has 8 saturated carbocycles. The molecule has 1 aromatic carbocycles. The molecule has 0 aliphatic heterocycles. The Hall–Kier alpha value is -0.715. The van der Waals surface area contributed by atoms with E-state index in [1.165, 1.54) is 82.6 Å². The van der Waals surface area contributed by atoms with E-state index < -0.39 is 0 Å². The summed E-state index contributed by atoms with van der Waals surface area (Å²) in [7, 11) is 8.12. The largest absolute Gasteiger partial charge is 0.0825 e. The predicted molar refractivity (Wildman–Crippen MR) is 120 cm³/mol. The molecule has 8 bridgehead atoms. The molecule has 0 nitrogen and oxygen atoms in total. The molecular weight excluding hydrogens is 347 g/mol. The van der Waals surface area contributed by atoms with Gasteiger partial charge in [0.25, 0.3) is 0 Å². The van der Waals surface area contributed by atoms with Crippen molar-refractivity contribution in [2.45, 2.75) is 89.3 Å². The van der Waals surface area contributed by atoms with Crippen molar-refractivity contribution in [3.8, 4) is 0 Å². The van der Waals surface area contributed by atoms with Crippen LogP contribution in [-0.2, 0) is 5.31 Å². The smallest absolute Gasteiger partial charge is 0.0620 e. The van der Waals surface area contributed by atoms with Crippen molar-refractivity contribution in [1.82, 2.24) is 0 Å². The van der Waals surface area contributed by atoms with Gasteiger partial charge in [0.15, 0.2) is 0 Å². The first-order valence-electron chi connectivity index (χ1n) is 12.8. The highest BCUT2D eigenvalue weighted by Gasteiger charge is 2.68. The van der Waals surface area contributed by atoms with Gasteiger partial charge in [0.05, 0.1) is 7.85 Å². The SMILES string of the molecule is [B]C(c1ccccc1C)(C12CC3CC(CC(C3)C1)C2)C12CC3CC(CC(C3)C1)C2. The summed E-state index contributed by atoms with van der Waals surface area (Å²) in [5.74, 6) is 5.85. The molecule has 8 aliphatic carbocycles. The van der Waals surface area contributed by atoms with Crippen molar-refractivity contribution in [2.24, 2.45) is 46.3 Å². The van der Waals surface area contributed by atoms with Crippen LogP contribution in [0.4, 0.5) is 0 Å². The molecular formula is C28H37B. The van der Waals surface area contributed by atoms with Gasteiger partial charge in [-0.25, -0.2) is 0 Å². The number of hydrogen-bond donors (Lipinski definition) is 0. The minimum atomic E-state index is -0.0998. The molecule has 0 heterocycles. The van der Waals surface area contributed by atoms with Crippen LogP contribution in [0.2, 0.25) is 0 Å². The standard InChI is InChI=1S/C28H37B/c1-18-4-2-3-5-25(18)28(29,26-12-19-6-20(13-26)8-21(7-19)14-26)27-15-22-9-23(16-27)11-24(10-22)17-27/h2-5,19-24H,6-17H2,1H3. The summed E-state index contributed by atoms with van der Waals surface area (Å²) >= 11 is 0. The minimum absolute atomic E-state index is 0.0998. The van der Waals surface area contributed by atoms with Crippen molar-refractivity contribution in [3.63, 3.8) is 0 Å². The maximum Gasteiger partial charge on any atom is 0.0825 e. The number of aryl methyl sites for hydroxylation is 1. The van der Waals surface area contributed by atoms with Crippen molar-refractivity contribution in [1.29, 1.82) is 0 Å². The van der Waals surface area contributed by atoms with Crippen molar-refractivity contribution in [3.05, 3.63) is 35.4 Å². The van der Waals surface area contributed by atoms with Crippen LogP contribution in [0.25, 0.3) is 0 Å². The van der Waals surface area contributed by atoms with Crippen LogP contribution < -0.4 is 0 Å². The van der Waals surface area contributed by atoms with E-state index >= 15 is 0 Å². The van der Waals surface area contributed by atoms with Gasteiger partial charge in [-0.3, -0.25) is 0 Å². The molecule has 0 spiro atoms. The normalized spacial score (nSPS) is 51.3. The van der Waals surface area contributed by atoms with Gasteiger partial charge in [-0.1, -0.05) is 24.3 Å². The Balaban J connectivity index is 1.44. The lowest BCUT2D eigenvalue weighted by Crippen LogP contribution is -2.67. The number of rotatable bonds is 3. The highest BCUT2D eigenvalue weighted by Crippen LogP contribution is 2.75. The summed E-state index contributed by atoms with van der Waals surface area (Å²) < 4.78 is 0. The van der Waals surface area contributed by atoms with E-state index in [4.69, 9.17) is 7.85 Å². The third-order valence-electron chi connectivity index (χ3n) is 11.3. The van der Waals surface area contributed by atoms with Crippen LogP contribution in [0.5, 0.6) is 0 Å². The lowest BCUT2D eigenvalue weighted by atomic mass is 9.27. The molecule has 0 unspecified atom stereocenters. The Labute approximate surface area is 179 Å². The van der Waals surface area contributed by atoms with Gasteiger partial charge in [0.2, 0.25) is 0 Å². The minimum Gasteiger partial charge on any atom is -0.0620 e. The van der Waals surface area contributed by atoms with E-state index in [0.29, 0.717) is 10.8 Å². The van der Waals surface area contributed by atoms with E-state index in [1.807, 2.05) is 0 Å². The second-order valence-corrected chi connectivity index (χ2v) is 13.0. The van der Waals surface area contributed by atoms with Crippen LogP contribution in [0, 0.1) is 53.3 Å². The molecule has 0 amide bonds. The zero-order chi connectivity index (χ0) is 19.4. The fourth-order valence-corrected chi connectivity index (χ4v) is 11.3. The summed E-state index contributed by atoms with van der Waals surface area (Å²) in [5, 5.41) is -0.0998. The fourth-order valence-electron chi connectivity index (χ4n) is 11.3.